The van der Waals surface area contributed by atoms with Crippen LogP contribution in [-0.2, 0) is 6.54 Å². The van der Waals surface area contributed by atoms with Gasteiger partial charge in [-0.15, -0.1) is 0 Å². The third-order valence-electron chi connectivity index (χ3n) is 3.73. The molecule has 2 rings (SSSR count). The van der Waals surface area contributed by atoms with Gasteiger partial charge in [0.05, 0.1) is 0 Å². The number of piperidine rings is 1. The van der Waals surface area contributed by atoms with Crippen molar-refractivity contribution < 1.29 is 0 Å². The Morgan fingerprint density at radius 2 is 1.94 bits per heavy atom. The molecule has 0 aromatic carbocycles. The normalized spacial score (nSPS) is 19.4. The SMILES string of the molecule is Cc1ccc(CN)c(N2CCC(C)(C)CC2)n1. The van der Waals surface area contributed by atoms with Crippen LogP contribution in [0.4, 0.5) is 5.82 Å². The molecule has 0 unspecified atom stereocenters. The zero-order chi connectivity index (χ0) is 12.5. The lowest BCUT2D eigenvalue weighted by Gasteiger charge is -2.38. The van der Waals surface area contributed by atoms with Crippen molar-refractivity contribution in [3.8, 4) is 0 Å². The predicted molar refractivity (Wildman–Crippen MR) is 72.1 cm³/mol. The Morgan fingerprint density at radius 3 is 2.53 bits per heavy atom. The Labute approximate surface area is 104 Å². The molecule has 3 heteroatoms. The van der Waals surface area contributed by atoms with Gasteiger partial charge in [0.2, 0.25) is 0 Å². The van der Waals surface area contributed by atoms with Gasteiger partial charge in [-0.1, -0.05) is 19.9 Å². The summed E-state index contributed by atoms with van der Waals surface area (Å²) >= 11 is 0. The molecule has 1 saturated heterocycles. The summed E-state index contributed by atoms with van der Waals surface area (Å²) in [4.78, 5) is 7.05. The third kappa shape index (κ3) is 2.78. The highest BCUT2D eigenvalue weighted by atomic mass is 15.2. The van der Waals surface area contributed by atoms with Crippen LogP contribution in [-0.4, -0.2) is 18.1 Å². The average molecular weight is 233 g/mol. The topological polar surface area (TPSA) is 42.1 Å². The monoisotopic (exact) mass is 233 g/mol. The maximum atomic E-state index is 5.79. The first-order valence-electron chi connectivity index (χ1n) is 6.43. The number of aryl methyl sites for hydroxylation is 1. The molecule has 1 aliphatic heterocycles. The molecule has 1 fully saturated rings. The molecule has 17 heavy (non-hydrogen) atoms. The van der Waals surface area contributed by atoms with E-state index in [1.807, 2.05) is 13.0 Å². The van der Waals surface area contributed by atoms with Crippen molar-refractivity contribution in [1.82, 2.24) is 4.98 Å². The van der Waals surface area contributed by atoms with Gasteiger partial charge < -0.3 is 10.6 Å². The second-order valence-electron chi connectivity index (χ2n) is 5.79. The minimum absolute atomic E-state index is 0.475. The summed E-state index contributed by atoms with van der Waals surface area (Å²) in [6.07, 6.45) is 2.46. The van der Waals surface area contributed by atoms with E-state index in [1.165, 1.54) is 12.8 Å². The number of nitrogens with zero attached hydrogens (tertiary/aromatic N) is 2. The first kappa shape index (κ1) is 12.4. The van der Waals surface area contributed by atoms with E-state index in [-0.39, 0.29) is 0 Å². The van der Waals surface area contributed by atoms with Gasteiger partial charge in [-0.2, -0.15) is 0 Å². The molecule has 1 aliphatic rings. The molecule has 0 spiro atoms. The number of pyridine rings is 1. The van der Waals surface area contributed by atoms with E-state index in [1.54, 1.807) is 0 Å². The lowest BCUT2D eigenvalue weighted by Crippen LogP contribution is -2.38. The van der Waals surface area contributed by atoms with Crippen LogP contribution in [0.1, 0.15) is 37.9 Å². The molecular formula is C14H23N3. The molecule has 0 amide bonds. The van der Waals surface area contributed by atoms with Gasteiger partial charge in [0.15, 0.2) is 0 Å². The molecule has 0 saturated carbocycles. The van der Waals surface area contributed by atoms with E-state index >= 15 is 0 Å². The molecular weight excluding hydrogens is 210 g/mol. The van der Waals surface area contributed by atoms with Gasteiger partial charge in [0.25, 0.3) is 0 Å². The molecule has 0 radical (unpaired) electrons. The second kappa shape index (κ2) is 4.65. The number of anilines is 1. The standard InChI is InChI=1S/C14H23N3/c1-11-4-5-12(10-15)13(16-11)17-8-6-14(2,3)7-9-17/h4-5H,6-10,15H2,1-3H3. The van der Waals surface area contributed by atoms with Gasteiger partial charge in [0.1, 0.15) is 5.82 Å². The fourth-order valence-electron chi connectivity index (χ4n) is 2.33. The molecule has 3 nitrogen and oxygen atoms in total. The quantitative estimate of drug-likeness (QED) is 0.853. The first-order chi connectivity index (χ1) is 8.02. The van der Waals surface area contributed by atoms with Crippen LogP contribution < -0.4 is 10.6 Å². The smallest absolute Gasteiger partial charge is 0.133 e. The summed E-state index contributed by atoms with van der Waals surface area (Å²) in [6, 6.07) is 4.15. The van der Waals surface area contributed by atoms with Gasteiger partial charge in [-0.25, -0.2) is 4.98 Å². The largest absolute Gasteiger partial charge is 0.356 e. The van der Waals surface area contributed by atoms with Crippen molar-refractivity contribution in [3.05, 3.63) is 23.4 Å². The molecule has 1 aromatic heterocycles. The minimum atomic E-state index is 0.475. The Balaban J connectivity index is 2.20. The summed E-state index contributed by atoms with van der Waals surface area (Å²) in [5.74, 6) is 1.10. The molecule has 0 aliphatic carbocycles. The summed E-state index contributed by atoms with van der Waals surface area (Å²) in [7, 11) is 0. The van der Waals surface area contributed by atoms with Crippen molar-refractivity contribution in [1.29, 1.82) is 0 Å². The fourth-order valence-corrected chi connectivity index (χ4v) is 2.33. The van der Waals surface area contributed by atoms with Crippen LogP contribution in [0.25, 0.3) is 0 Å². The van der Waals surface area contributed by atoms with Gasteiger partial charge in [0, 0.05) is 30.9 Å². The first-order valence-corrected chi connectivity index (χ1v) is 6.43. The second-order valence-corrected chi connectivity index (χ2v) is 5.79. The molecule has 94 valence electrons. The highest BCUT2D eigenvalue weighted by Gasteiger charge is 2.26. The zero-order valence-electron chi connectivity index (χ0n) is 11.2. The Hall–Kier alpha value is -1.09. The summed E-state index contributed by atoms with van der Waals surface area (Å²) in [5.41, 5.74) is 8.50. The molecule has 2 heterocycles. The van der Waals surface area contributed by atoms with Crippen molar-refractivity contribution in [2.75, 3.05) is 18.0 Å². The average Bonchev–Trinajstić information content (AvgIpc) is 2.29. The maximum absolute atomic E-state index is 5.79. The van der Waals surface area contributed by atoms with Crippen LogP contribution in [0.2, 0.25) is 0 Å². The number of aromatic nitrogens is 1. The Kier molecular flexibility index (Phi) is 3.38. The van der Waals surface area contributed by atoms with Crippen molar-refractivity contribution in [2.45, 2.75) is 40.2 Å². The van der Waals surface area contributed by atoms with Crippen LogP contribution in [0.5, 0.6) is 0 Å². The summed E-state index contributed by atoms with van der Waals surface area (Å²) in [5, 5.41) is 0. The van der Waals surface area contributed by atoms with Crippen LogP contribution in [0, 0.1) is 12.3 Å². The number of hydrogen-bond acceptors (Lipinski definition) is 3. The molecule has 0 atom stereocenters. The van der Waals surface area contributed by atoms with Crippen molar-refractivity contribution >= 4 is 5.82 Å². The Morgan fingerprint density at radius 1 is 1.29 bits per heavy atom. The molecule has 2 N–H and O–H groups in total. The van der Waals surface area contributed by atoms with Gasteiger partial charge in [-0.3, -0.25) is 0 Å². The third-order valence-corrected chi connectivity index (χ3v) is 3.73. The number of hydrogen-bond donors (Lipinski definition) is 1. The van der Waals surface area contributed by atoms with E-state index in [9.17, 15) is 0 Å². The minimum Gasteiger partial charge on any atom is -0.356 e. The van der Waals surface area contributed by atoms with E-state index < -0.39 is 0 Å². The number of nitrogens with two attached hydrogens (primary N) is 1. The van der Waals surface area contributed by atoms with Crippen LogP contribution >= 0.6 is 0 Å². The lowest BCUT2D eigenvalue weighted by atomic mass is 9.82. The highest BCUT2D eigenvalue weighted by molar-refractivity contribution is 5.48. The van der Waals surface area contributed by atoms with Crippen molar-refractivity contribution in [2.24, 2.45) is 11.1 Å². The van der Waals surface area contributed by atoms with Crippen LogP contribution in [0.3, 0.4) is 0 Å². The van der Waals surface area contributed by atoms with Crippen molar-refractivity contribution in [3.63, 3.8) is 0 Å². The van der Waals surface area contributed by atoms with Gasteiger partial charge >= 0.3 is 0 Å². The lowest BCUT2D eigenvalue weighted by molar-refractivity contribution is 0.279. The molecule has 1 aromatic rings. The van der Waals surface area contributed by atoms with Crippen LogP contribution in [0.15, 0.2) is 12.1 Å². The van der Waals surface area contributed by atoms with E-state index in [0.717, 1.165) is 30.2 Å². The van der Waals surface area contributed by atoms with E-state index in [0.29, 0.717) is 12.0 Å². The van der Waals surface area contributed by atoms with Gasteiger partial charge in [-0.05, 0) is 31.2 Å². The predicted octanol–water partition coefficient (Wildman–Crippen LogP) is 2.48. The highest BCUT2D eigenvalue weighted by Crippen LogP contribution is 2.32. The summed E-state index contributed by atoms with van der Waals surface area (Å²) < 4.78 is 0. The van der Waals surface area contributed by atoms with E-state index in [4.69, 9.17) is 5.73 Å². The summed E-state index contributed by atoms with van der Waals surface area (Å²) in [6.45, 7) is 9.49. The number of rotatable bonds is 2. The van der Waals surface area contributed by atoms with E-state index in [2.05, 4.69) is 29.8 Å². The maximum Gasteiger partial charge on any atom is 0.133 e. The Bertz CT molecular complexity index is 388. The zero-order valence-corrected chi connectivity index (χ0v) is 11.2. The molecule has 0 bridgehead atoms. The fraction of sp³-hybridized carbons (Fsp3) is 0.643.